The first-order chi connectivity index (χ1) is 7.72. The molecular formula is C10H16N4O2. The maximum Gasteiger partial charge on any atom is 0.222 e. The second-order valence-corrected chi connectivity index (χ2v) is 3.30. The molecule has 1 rings (SSSR count). The highest BCUT2D eigenvalue weighted by atomic mass is 16.5. The second kappa shape index (κ2) is 6.60. The molecule has 1 aromatic heterocycles. The SMILES string of the molecule is COc1cnc(NCCCCC(N)=O)nc1. The Kier molecular flexibility index (Phi) is 5.04. The van der Waals surface area contributed by atoms with Gasteiger partial charge in [0.25, 0.3) is 0 Å². The predicted octanol–water partition coefficient (Wildman–Crippen LogP) is 0.553. The third-order valence-electron chi connectivity index (χ3n) is 2.00. The minimum atomic E-state index is -0.263. The summed E-state index contributed by atoms with van der Waals surface area (Å²) >= 11 is 0. The Hall–Kier alpha value is -1.85. The summed E-state index contributed by atoms with van der Waals surface area (Å²) in [5, 5.41) is 3.04. The van der Waals surface area contributed by atoms with Crippen LogP contribution in [-0.4, -0.2) is 29.5 Å². The number of carbonyl (C=O) groups excluding carboxylic acids is 1. The van der Waals surface area contributed by atoms with E-state index in [1.54, 1.807) is 19.5 Å². The lowest BCUT2D eigenvalue weighted by Gasteiger charge is -2.04. The van der Waals surface area contributed by atoms with Gasteiger partial charge in [0.15, 0.2) is 5.75 Å². The maximum atomic E-state index is 10.5. The minimum Gasteiger partial charge on any atom is -0.494 e. The van der Waals surface area contributed by atoms with Crippen LogP contribution in [0, 0.1) is 0 Å². The lowest BCUT2D eigenvalue weighted by atomic mass is 10.2. The molecule has 1 aromatic rings. The van der Waals surface area contributed by atoms with Crippen LogP contribution in [0.3, 0.4) is 0 Å². The largest absolute Gasteiger partial charge is 0.494 e. The van der Waals surface area contributed by atoms with E-state index in [1.807, 2.05) is 0 Å². The summed E-state index contributed by atoms with van der Waals surface area (Å²) in [5.41, 5.74) is 5.02. The van der Waals surface area contributed by atoms with E-state index in [4.69, 9.17) is 10.5 Å². The molecule has 88 valence electrons. The number of nitrogens with one attached hydrogen (secondary N) is 1. The van der Waals surface area contributed by atoms with Gasteiger partial charge in [0.2, 0.25) is 11.9 Å². The number of amides is 1. The van der Waals surface area contributed by atoms with Crippen LogP contribution >= 0.6 is 0 Å². The normalized spacial score (nSPS) is 9.81. The summed E-state index contributed by atoms with van der Waals surface area (Å²) in [6.07, 6.45) is 5.25. The van der Waals surface area contributed by atoms with Gasteiger partial charge in [0.1, 0.15) is 0 Å². The molecule has 6 nitrogen and oxygen atoms in total. The molecule has 3 N–H and O–H groups in total. The quantitative estimate of drug-likeness (QED) is 0.660. The molecule has 1 amide bonds. The lowest BCUT2D eigenvalue weighted by molar-refractivity contribution is -0.118. The Balaban J connectivity index is 2.19. The van der Waals surface area contributed by atoms with E-state index < -0.39 is 0 Å². The monoisotopic (exact) mass is 224 g/mol. The van der Waals surface area contributed by atoms with Crippen LogP contribution in [0.15, 0.2) is 12.4 Å². The van der Waals surface area contributed by atoms with Crippen LogP contribution < -0.4 is 15.8 Å². The van der Waals surface area contributed by atoms with Crippen LogP contribution in [-0.2, 0) is 4.79 Å². The lowest BCUT2D eigenvalue weighted by Crippen LogP contribution is -2.11. The number of nitrogens with zero attached hydrogens (tertiary/aromatic N) is 2. The van der Waals surface area contributed by atoms with Gasteiger partial charge in [0, 0.05) is 13.0 Å². The van der Waals surface area contributed by atoms with Crippen molar-refractivity contribution >= 4 is 11.9 Å². The number of carbonyl (C=O) groups is 1. The average Bonchev–Trinajstić information content (AvgIpc) is 2.29. The smallest absolute Gasteiger partial charge is 0.222 e. The van der Waals surface area contributed by atoms with Crippen molar-refractivity contribution in [1.82, 2.24) is 9.97 Å². The minimum absolute atomic E-state index is 0.263. The zero-order valence-electron chi connectivity index (χ0n) is 9.27. The topological polar surface area (TPSA) is 90.1 Å². The van der Waals surface area contributed by atoms with Gasteiger partial charge in [-0.2, -0.15) is 0 Å². The molecule has 1 heterocycles. The number of hydrogen-bond donors (Lipinski definition) is 2. The number of hydrogen-bond acceptors (Lipinski definition) is 5. The highest BCUT2D eigenvalue weighted by Gasteiger charge is 1.97. The molecule has 0 unspecified atom stereocenters. The summed E-state index contributed by atoms with van der Waals surface area (Å²) in [4.78, 5) is 18.6. The number of unbranched alkanes of at least 4 members (excludes halogenated alkanes) is 1. The van der Waals surface area contributed by atoms with Crippen molar-refractivity contribution in [3.8, 4) is 5.75 Å². The zero-order chi connectivity index (χ0) is 11.8. The highest BCUT2D eigenvalue weighted by molar-refractivity contribution is 5.73. The summed E-state index contributed by atoms with van der Waals surface area (Å²) in [5.74, 6) is 0.917. The Morgan fingerprint density at radius 2 is 2.12 bits per heavy atom. The van der Waals surface area contributed by atoms with E-state index in [1.165, 1.54) is 0 Å². The van der Waals surface area contributed by atoms with Crippen molar-refractivity contribution in [2.75, 3.05) is 19.0 Å². The van der Waals surface area contributed by atoms with Gasteiger partial charge in [-0.1, -0.05) is 0 Å². The van der Waals surface area contributed by atoms with Crippen LogP contribution in [0.1, 0.15) is 19.3 Å². The number of rotatable bonds is 7. The van der Waals surface area contributed by atoms with E-state index >= 15 is 0 Å². The summed E-state index contributed by atoms with van der Waals surface area (Å²) < 4.78 is 4.93. The number of anilines is 1. The van der Waals surface area contributed by atoms with Gasteiger partial charge in [-0.15, -0.1) is 0 Å². The van der Waals surface area contributed by atoms with Crippen LogP contribution in [0.5, 0.6) is 5.75 Å². The molecule has 16 heavy (non-hydrogen) atoms. The zero-order valence-corrected chi connectivity index (χ0v) is 9.27. The molecule has 0 spiro atoms. The van der Waals surface area contributed by atoms with Gasteiger partial charge in [-0.3, -0.25) is 4.79 Å². The highest BCUT2D eigenvalue weighted by Crippen LogP contribution is 2.07. The Bertz CT molecular complexity index is 326. The number of methoxy groups -OCH3 is 1. The standard InChI is InChI=1S/C10H16N4O2/c1-16-8-6-13-10(14-7-8)12-5-3-2-4-9(11)15/h6-7H,2-5H2,1H3,(H2,11,15)(H,12,13,14). The van der Waals surface area contributed by atoms with Gasteiger partial charge in [0.05, 0.1) is 19.5 Å². The summed E-state index contributed by atoms with van der Waals surface area (Å²) in [6.45, 7) is 0.722. The molecular weight excluding hydrogens is 208 g/mol. The van der Waals surface area contributed by atoms with Crippen LogP contribution in [0.25, 0.3) is 0 Å². The number of ether oxygens (including phenoxy) is 1. The van der Waals surface area contributed by atoms with Crippen molar-refractivity contribution in [3.63, 3.8) is 0 Å². The maximum absolute atomic E-state index is 10.5. The Labute approximate surface area is 94.2 Å². The third-order valence-corrected chi connectivity index (χ3v) is 2.00. The van der Waals surface area contributed by atoms with E-state index in [9.17, 15) is 4.79 Å². The second-order valence-electron chi connectivity index (χ2n) is 3.30. The summed E-state index contributed by atoms with van der Waals surface area (Å²) in [7, 11) is 1.57. The fourth-order valence-electron chi connectivity index (χ4n) is 1.14. The number of primary amides is 1. The van der Waals surface area contributed by atoms with E-state index in [2.05, 4.69) is 15.3 Å². The van der Waals surface area contributed by atoms with Gasteiger partial charge >= 0.3 is 0 Å². The molecule has 0 radical (unpaired) electrons. The van der Waals surface area contributed by atoms with Crippen molar-refractivity contribution in [2.24, 2.45) is 5.73 Å². The first-order valence-corrected chi connectivity index (χ1v) is 5.10. The van der Waals surface area contributed by atoms with Gasteiger partial charge < -0.3 is 15.8 Å². The van der Waals surface area contributed by atoms with Gasteiger partial charge in [-0.05, 0) is 12.8 Å². The van der Waals surface area contributed by atoms with E-state index in [0.717, 1.165) is 19.4 Å². The molecule has 6 heteroatoms. The average molecular weight is 224 g/mol. The van der Waals surface area contributed by atoms with Crippen molar-refractivity contribution in [1.29, 1.82) is 0 Å². The van der Waals surface area contributed by atoms with Crippen molar-refractivity contribution < 1.29 is 9.53 Å². The summed E-state index contributed by atoms with van der Waals surface area (Å²) in [6, 6.07) is 0. The fraction of sp³-hybridized carbons (Fsp3) is 0.500. The van der Waals surface area contributed by atoms with Gasteiger partial charge in [-0.25, -0.2) is 9.97 Å². The molecule has 0 aliphatic heterocycles. The fourth-order valence-corrected chi connectivity index (χ4v) is 1.14. The van der Waals surface area contributed by atoms with E-state index in [0.29, 0.717) is 18.1 Å². The van der Waals surface area contributed by atoms with Crippen molar-refractivity contribution in [3.05, 3.63) is 12.4 Å². The molecule has 0 aromatic carbocycles. The molecule has 0 aliphatic rings. The Morgan fingerprint density at radius 3 is 2.69 bits per heavy atom. The predicted molar refractivity (Wildman–Crippen MR) is 60.1 cm³/mol. The Morgan fingerprint density at radius 1 is 1.44 bits per heavy atom. The first kappa shape index (κ1) is 12.2. The molecule has 0 aliphatic carbocycles. The van der Waals surface area contributed by atoms with E-state index in [-0.39, 0.29) is 5.91 Å². The molecule has 0 saturated heterocycles. The number of aromatic nitrogens is 2. The molecule has 0 saturated carbocycles. The van der Waals surface area contributed by atoms with Crippen LogP contribution in [0.2, 0.25) is 0 Å². The number of nitrogens with two attached hydrogens (primary N) is 1. The molecule has 0 atom stereocenters. The molecule has 0 bridgehead atoms. The third kappa shape index (κ3) is 4.59. The van der Waals surface area contributed by atoms with Crippen LogP contribution in [0.4, 0.5) is 5.95 Å². The van der Waals surface area contributed by atoms with Crippen molar-refractivity contribution in [2.45, 2.75) is 19.3 Å². The first-order valence-electron chi connectivity index (χ1n) is 5.10. The molecule has 0 fully saturated rings.